The van der Waals surface area contributed by atoms with Gasteiger partial charge in [0.2, 0.25) is 5.91 Å². The van der Waals surface area contributed by atoms with Gasteiger partial charge < -0.3 is 15.4 Å². The standard InChI is InChI=1S/C24H21Cl2N3O3S/c1-14-6-9-21(32-2)20(10-14)29-22(30)13-33-23(29)15-4-3-5-16(11-15)27-24(31)28-17-7-8-18(25)19(26)12-17/h3-12,23H,13H2,1-2H3,(H2,27,28,31). The minimum atomic E-state index is -0.419. The third kappa shape index (κ3) is 5.21. The molecule has 1 heterocycles. The molecule has 3 aromatic rings. The number of nitrogens with zero attached hydrogens (tertiary/aromatic N) is 1. The second kappa shape index (κ2) is 9.95. The maximum Gasteiger partial charge on any atom is 0.323 e. The Morgan fingerprint density at radius 1 is 1.03 bits per heavy atom. The van der Waals surface area contributed by atoms with Gasteiger partial charge in [-0.2, -0.15) is 0 Å². The lowest BCUT2D eigenvalue weighted by atomic mass is 10.1. The average Bonchev–Trinajstić information content (AvgIpc) is 3.17. The maximum absolute atomic E-state index is 12.8. The highest BCUT2D eigenvalue weighted by Crippen LogP contribution is 2.45. The number of carbonyl (C=O) groups is 2. The van der Waals surface area contributed by atoms with E-state index in [4.69, 9.17) is 27.9 Å². The van der Waals surface area contributed by atoms with E-state index in [0.717, 1.165) is 16.8 Å². The summed E-state index contributed by atoms with van der Waals surface area (Å²) in [6.45, 7) is 1.97. The van der Waals surface area contributed by atoms with Gasteiger partial charge in [-0.3, -0.25) is 9.69 Å². The van der Waals surface area contributed by atoms with Crippen molar-refractivity contribution in [2.45, 2.75) is 12.3 Å². The minimum Gasteiger partial charge on any atom is -0.495 e. The Bertz CT molecular complexity index is 1220. The summed E-state index contributed by atoms with van der Waals surface area (Å²) >= 11 is 13.5. The molecule has 0 radical (unpaired) electrons. The molecule has 1 saturated heterocycles. The van der Waals surface area contributed by atoms with Gasteiger partial charge in [-0.15, -0.1) is 11.8 Å². The molecule has 9 heteroatoms. The summed E-state index contributed by atoms with van der Waals surface area (Å²) in [6, 6.07) is 17.6. The normalized spacial score (nSPS) is 15.5. The predicted octanol–water partition coefficient (Wildman–Crippen LogP) is 6.73. The highest BCUT2D eigenvalue weighted by Gasteiger charge is 2.35. The van der Waals surface area contributed by atoms with Crippen molar-refractivity contribution in [2.24, 2.45) is 0 Å². The first-order valence-corrected chi connectivity index (χ1v) is 11.9. The van der Waals surface area contributed by atoms with Crippen LogP contribution in [-0.2, 0) is 4.79 Å². The molecule has 3 amide bonds. The molecule has 3 aromatic carbocycles. The summed E-state index contributed by atoms with van der Waals surface area (Å²) in [5.41, 5.74) is 3.77. The summed E-state index contributed by atoms with van der Waals surface area (Å²) < 4.78 is 5.51. The van der Waals surface area contributed by atoms with Crippen molar-refractivity contribution in [1.82, 2.24) is 0 Å². The fourth-order valence-electron chi connectivity index (χ4n) is 3.56. The van der Waals surface area contributed by atoms with Crippen molar-refractivity contribution in [3.05, 3.63) is 81.8 Å². The first kappa shape index (κ1) is 23.3. The summed E-state index contributed by atoms with van der Waals surface area (Å²) in [6.07, 6.45) is 0. The lowest BCUT2D eigenvalue weighted by Gasteiger charge is -2.26. The number of anilines is 3. The fourth-order valence-corrected chi connectivity index (χ4v) is 5.01. The number of methoxy groups -OCH3 is 1. The zero-order chi connectivity index (χ0) is 23.5. The van der Waals surface area contributed by atoms with E-state index in [-0.39, 0.29) is 11.3 Å². The van der Waals surface area contributed by atoms with E-state index in [1.165, 1.54) is 11.8 Å². The van der Waals surface area contributed by atoms with Crippen molar-refractivity contribution in [1.29, 1.82) is 0 Å². The average molecular weight is 502 g/mol. The summed E-state index contributed by atoms with van der Waals surface area (Å²) in [5, 5.41) is 6.07. The summed E-state index contributed by atoms with van der Waals surface area (Å²) in [5.74, 6) is 0.999. The summed E-state index contributed by atoms with van der Waals surface area (Å²) in [4.78, 5) is 27.0. The van der Waals surface area contributed by atoms with Crippen LogP contribution in [0.4, 0.5) is 21.9 Å². The number of ether oxygens (including phenoxy) is 1. The number of rotatable bonds is 5. The molecule has 1 atom stereocenters. The lowest BCUT2D eigenvalue weighted by molar-refractivity contribution is -0.115. The van der Waals surface area contributed by atoms with Gasteiger partial charge in [0.15, 0.2) is 0 Å². The van der Waals surface area contributed by atoms with Crippen LogP contribution in [0.2, 0.25) is 10.0 Å². The third-order valence-electron chi connectivity index (χ3n) is 5.07. The molecule has 1 unspecified atom stereocenters. The van der Waals surface area contributed by atoms with Crippen LogP contribution in [0, 0.1) is 6.92 Å². The molecular weight excluding hydrogens is 481 g/mol. The zero-order valence-electron chi connectivity index (χ0n) is 17.9. The van der Waals surface area contributed by atoms with Crippen molar-refractivity contribution in [3.63, 3.8) is 0 Å². The van der Waals surface area contributed by atoms with E-state index in [9.17, 15) is 9.59 Å². The quantitative estimate of drug-likeness (QED) is 0.406. The van der Waals surface area contributed by atoms with Gasteiger partial charge in [0, 0.05) is 11.4 Å². The van der Waals surface area contributed by atoms with Crippen molar-refractivity contribution < 1.29 is 14.3 Å². The molecule has 0 aromatic heterocycles. The number of hydrogen-bond acceptors (Lipinski definition) is 4. The van der Waals surface area contributed by atoms with Crippen LogP contribution in [0.5, 0.6) is 5.75 Å². The Hall–Kier alpha value is -2.87. The molecule has 2 N–H and O–H groups in total. The monoisotopic (exact) mass is 501 g/mol. The zero-order valence-corrected chi connectivity index (χ0v) is 20.2. The van der Waals surface area contributed by atoms with Gasteiger partial charge in [0.05, 0.1) is 28.6 Å². The maximum atomic E-state index is 12.8. The van der Waals surface area contributed by atoms with Crippen molar-refractivity contribution in [3.8, 4) is 5.75 Å². The van der Waals surface area contributed by atoms with Gasteiger partial charge in [0.1, 0.15) is 11.1 Å². The number of carbonyl (C=O) groups excluding carboxylic acids is 2. The molecule has 0 saturated carbocycles. The lowest BCUT2D eigenvalue weighted by Crippen LogP contribution is -2.28. The number of nitrogens with one attached hydrogen (secondary N) is 2. The Morgan fingerprint density at radius 3 is 2.52 bits per heavy atom. The minimum absolute atomic E-state index is 0.00428. The Labute approximate surface area is 206 Å². The number of amides is 3. The molecule has 1 aliphatic rings. The molecule has 4 rings (SSSR count). The SMILES string of the molecule is COc1ccc(C)cc1N1C(=O)CSC1c1cccc(NC(=O)Nc2ccc(Cl)c(Cl)c2)c1. The van der Waals surface area contributed by atoms with E-state index in [0.29, 0.717) is 32.9 Å². The van der Waals surface area contributed by atoms with Gasteiger partial charge in [-0.25, -0.2) is 4.79 Å². The number of thioether (sulfide) groups is 1. The largest absolute Gasteiger partial charge is 0.495 e. The Kier molecular flexibility index (Phi) is 7.02. The van der Waals surface area contributed by atoms with Crippen LogP contribution in [0.15, 0.2) is 60.7 Å². The van der Waals surface area contributed by atoms with Crippen LogP contribution in [0.3, 0.4) is 0 Å². The van der Waals surface area contributed by atoms with Crippen molar-refractivity contribution in [2.75, 3.05) is 28.4 Å². The van der Waals surface area contributed by atoms with E-state index in [1.807, 2.05) is 43.3 Å². The van der Waals surface area contributed by atoms with Gasteiger partial charge in [0.25, 0.3) is 0 Å². The van der Waals surface area contributed by atoms with E-state index >= 15 is 0 Å². The van der Waals surface area contributed by atoms with Gasteiger partial charge >= 0.3 is 6.03 Å². The first-order chi connectivity index (χ1) is 15.9. The fraction of sp³-hybridized carbons (Fsp3) is 0.167. The Morgan fingerprint density at radius 2 is 1.79 bits per heavy atom. The third-order valence-corrected chi connectivity index (χ3v) is 7.02. The number of aryl methyl sites for hydroxylation is 1. The first-order valence-electron chi connectivity index (χ1n) is 10.1. The van der Waals surface area contributed by atoms with Crippen molar-refractivity contribution >= 4 is 64.0 Å². The molecule has 1 aliphatic heterocycles. The van der Waals surface area contributed by atoms with Gasteiger partial charge in [-0.1, -0.05) is 41.4 Å². The number of benzene rings is 3. The second-order valence-electron chi connectivity index (χ2n) is 7.44. The number of hydrogen-bond donors (Lipinski definition) is 2. The molecule has 0 aliphatic carbocycles. The van der Waals surface area contributed by atoms with Crippen LogP contribution < -0.4 is 20.3 Å². The molecule has 6 nitrogen and oxygen atoms in total. The topological polar surface area (TPSA) is 70.7 Å². The number of urea groups is 1. The highest BCUT2D eigenvalue weighted by atomic mass is 35.5. The molecule has 0 bridgehead atoms. The number of halogens is 2. The molecule has 170 valence electrons. The van der Waals surface area contributed by atoms with Crippen LogP contribution >= 0.6 is 35.0 Å². The van der Waals surface area contributed by atoms with Gasteiger partial charge in [-0.05, 0) is 60.5 Å². The molecule has 1 fully saturated rings. The summed E-state index contributed by atoms with van der Waals surface area (Å²) in [7, 11) is 1.59. The highest BCUT2D eigenvalue weighted by molar-refractivity contribution is 8.00. The molecule has 0 spiro atoms. The van der Waals surface area contributed by atoms with E-state index < -0.39 is 6.03 Å². The van der Waals surface area contributed by atoms with Crippen LogP contribution in [0.25, 0.3) is 0 Å². The predicted molar refractivity (Wildman–Crippen MR) is 136 cm³/mol. The van der Waals surface area contributed by atoms with E-state index in [2.05, 4.69) is 10.6 Å². The molecule has 33 heavy (non-hydrogen) atoms. The Balaban J connectivity index is 1.55. The second-order valence-corrected chi connectivity index (χ2v) is 9.32. The smallest absolute Gasteiger partial charge is 0.323 e. The van der Waals surface area contributed by atoms with Crippen LogP contribution in [-0.4, -0.2) is 24.8 Å². The molecular formula is C24H21Cl2N3O3S. The van der Waals surface area contributed by atoms with Crippen LogP contribution in [0.1, 0.15) is 16.5 Å². The van der Waals surface area contributed by atoms with E-state index in [1.54, 1.807) is 36.3 Å².